The quantitative estimate of drug-likeness (QED) is 0.872. The van der Waals surface area contributed by atoms with Crippen LogP contribution in [-0.2, 0) is 12.8 Å². The van der Waals surface area contributed by atoms with Crippen LogP contribution in [0.3, 0.4) is 0 Å². The third kappa shape index (κ3) is 2.01. The molecule has 0 aliphatic carbocycles. The summed E-state index contributed by atoms with van der Waals surface area (Å²) in [6.07, 6.45) is 4.61. The molecule has 0 atom stereocenters. The first-order valence-electron chi connectivity index (χ1n) is 7.65. The molecular formula is C16H16FN5. The minimum Gasteiger partial charge on any atom is -0.317 e. The Kier molecular flexibility index (Phi) is 3.16. The molecule has 0 spiro atoms. The fourth-order valence-corrected chi connectivity index (χ4v) is 3.48. The van der Waals surface area contributed by atoms with Crippen LogP contribution in [0.5, 0.6) is 0 Å². The molecule has 0 radical (unpaired) electrons. The van der Waals surface area contributed by atoms with Gasteiger partial charge in [0.15, 0.2) is 5.82 Å². The number of fused-ring (bicyclic) bond motifs is 3. The number of nitriles is 1. The van der Waals surface area contributed by atoms with Crippen molar-refractivity contribution < 1.29 is 4.39 Å². The normalized spacial score (nSPS) is 17.6. The Labute approximate surface area is 127 Å². The maximum atomic E-state index is 13.4. The van der Waals surface area contributed by atoms with Gasteiger partial charge < -0.3 is 5.32 Å². The molecule has 4 heterocycles. The van der Waals surface area contributed by atoms with Crippen molar-refractivity contribution in [2.24, 2.45) is 0 Å². The highest BCUT2D eigenvalue weighted by Crippen LogP contribution is 2.33. The SMILES string of the molecule is N#Cc1c(C2CCNCC2)nn2c1CCc1cc(F)cnc1-2. The first-order valence-corrected chi connectivity index (χ1v) is 7.65. The van der Waals surface area contributed by atoms with Crippen molar-refractivity contribution in [2.75, 3.05) is 13.1 Å². The van der Waals surface area contributed by atoms with Gasteiger partial charge in [0, 0.05) is 11.5 Å². The highest BCUT2D eigenvalue weighted by molar-refractivity contribution is 5.48. The number of aryl methyl sites for hydroxylation is 1. The molecule has 1 fully saturated rings. The van der Waals surface area contributed by atoms with Crippen molar-refractivity contribution >= 4 is 0 Å². The van der Waals surface area contributed by atoms with Crippen LogP contribution in [0.15, 0.2) is 12.3 Å². The molecule has 0 bridgehead atoms. The topological polar surface area (TPSA) is 66.5 Å². The maximum absolute atomic E-state index is 13.4. The van der Waals surface area contributed by atoms with Crippen molar-refractivity contribution in [1.82, 2.24) is 20.1 Å². The largest absolute Gasteiger partial charge is 0.317 e. The van der Waals surface area contributed by atoms with Gasteiger partial charge in [-0.3, -0.25) is 0 Å². The average molecular weight is 297 g/mol. The summed E-state index contributed by atoms with van der Waals surface area (Å²) in [5, 5.41) is 17.6. The van der Waals surface area contributed by atoms with E-state index in [1.807, 2.05) is 0 Å². The number of nitrogens with one attached hydrogen (secondary N) is 1. The van der Waals surface area contributed by atoms with Crippen LogP contribution in [0.4, 0.5) is 4.39 Å². The molecule has 112 valence electrons. The molecule has 1 N–H and O–H groups in total. The van der Waals surface area contributed by atoms with Crippen LogP contribution < -0.4 is 5.32 Å². The number of hydrogen-bond acceptors (Lipinski definition) is 4. The number of hydrogen-bond donors (Lipinski definition) is 1. The predicted octanol–water partition coefficient (Wildman–Crippen LogP) is 1.84. The molecule has 6 heteroatoms. The lowest BCUT2D eigenvalue weighted by molar-refractivity contribution is 0.450. The van der Waals surface area contributed by atoms with E-state index in [1.165, 1.54) is 12.3 Å². The summed E-state index contributed by atoms with van der Waals surface area (Å²) >= 11 is 0. The van der Waals surface area contributed by atoms with Crippen molar-refractivity contribution in [1.29, 1.82) is 5.26 Å². The summed E-state index contributed by atoms with van der Waals surface area (Å²) in [6, 6.07) is 3.85. The Hall–Kier alpha value is -2.26. The monoisotopic (exact) mass is 297 g/mol. The maximum Gasteiger partial charge on any atom is 0.157 e. The number of nitrogens with zero attached hydrogens (tertiary/aromatic N) is 4. The van der Waals surface area contributed by atoms with Crippen molar-refractivity contribution in [3.8, 4) is 11.9 Å². The second-order valence-corrected chi connectivity index (χ2v) is 5.89. The number of piperidine rings is 1. The molecule has 22 heavy (non-hydrogen) atoms. The Morgan fingerprint density at radius 1 is 1.32 bits per heavy atom. The highest BCUT2D eigenvalue weighted by atomic mass is 19.1. The first kappa shape index (κ1) is 13.4. The fraction of sp³-hybridized carbons (Fsp3) is 0.438. The van der Waals surface area contributed by atoms with E-state index in [1.54, 1.807) is 4.68 Å². The van der Waals surface area contributed by atoms with Gasteiger partial charge in [-0.15, -0.1) is 0 Å². The zero-order valence-electron chi connectivity index (χ0n) is 12.1. The molecule has 0 aromatic carbocycles. The van der Waals surface area contributed by atoms with E-state index in [9.17, 15) is 9.65 Å². The van der Waals surface area contributed by atoms with Gasteiger partial charge in [0.2, 0.25) is 0 Å². The summed E-state index contributed by atoms with van der Waals surface area (Å²) in [5.41, 5.74) is 3.36. The molecule has 1 saturated heterocycles. The average Bonchev–Trinajstić information content (AvgIpc) is 2.94. The zero-order chi connectivity index (χ0) is 15.1. The molecule has 5 nitrogen and oxygen atoms in total. The van der Waals surface area contributed by atoms with E-state index in [0.29, 0.717) is 30.1 Å². The molecule has 2 aromatic heterocycles. The number of halogens is 1. The fourth-order valence-electron chi connectivity index (χ4n) is 3.48. The van der Waals surface area contributed by atoms with Gasteiger partial charge in [-0.1, -0.05) is 0 Å². The van der Waals surface area contributed by atoms with Crippen molar-refractivity contribution in [2.45, 2.75) is 31.6 Å². The third-order valence-corrected chi connectivity index (χ3v) is 4.59. The molecule has 2 aliphatic rings. The predicted molar refractivity (Wildman–Crippen MR) is 78.3 cm³/mol. The second-order valence-electron chi connectivity index (χ2n) is 5.89. The van der Waals surface area contributed by atoms with Crippen LogP contribution in [0.2, 0.25) is 0 Å². The van der Waals surface area contributed by atoms with Crippen molar-refractivity contribution in [3.05, 3.63) is 40.6 Å². The highest BCUT2D eigenvalue weighted by Gasteiger charge is 2.29. The van der Waals surface area contributed by atoms with E-state index in [2.05, 4.69) is 16.4 Å². The van der Waals surface area contributed by atoms with Crippen LogP contribution in [0, 0.1) is 17.1 Å². The van der Waals surface area contributed by atoms with E-state index < -0.39 is 0 Å². The lowest BCUT2D eigenvalue weighted by Crippen LogP contribution is -2.27. The lowest BCUT2D eigenvalue weighted by Gasteiger charge is -2.21. The number of pyridine rings is 1. The smallest absolute Gasteiger partial charge is 0.157 e. The summed E-state index contributed by atoms with van der Waals surface area (Å²) in [5.74, 6) is 0.658. The van der Waals surface area contributed by atoms with E-state index in [0.717, 1.165) is 42.9 Å². The number of rotatable bonds is 1. The Morgan fingerprint density at radius 3 is 2.91 bits per heavy atom. The molecule has 0 amide bonds. The molecule has 4 rings (SSSR count). The van der Waals surface area contributed by atoms with Gasteiger partial charge in [-0.2, -0.15) is 10.4 Å². The van der Waals surface area contributed by atoms with Crippen LogP contribution >= 0.6 is 0 Å². The minimum atomic E-state index is -0.326. The number of aromatic nitrogens is 3. The van der Waals surface area contributed by atoms with Crippen LogP contribution in [-0.4, -0.2) is 27.9 Å². The van der Waals surface area contributed by atoms with Gasteiger partial charge in [-0.25, -0.2) is 14.1 Å². The lowest BCUT2D eigenvalue weighted by atomic mass is 9.91. The first-order chi connectivity index (χ1) is 10.8. The van der Waals surface area contributed by atoms with Crippen LogP contribution in [0.25, 0.3) is 5.82 Å². The molecule has 0 unspecified atom stereocenters. The summed E-state index contributed by atoms with van der Waals surface area (Å²) in [7, 11) is 0. The van der Waals surface area contributed by atoms with E-state index in [-0.39, 0.29) is 5.82 Å². The summed E-state index contributed by atoms with van der Waals surface area (Å²) in [6.45, 7) is 1.91. The standard InChI is InChI=1S/C16H16FN5/c17-12-7-11-1-2-14-13(8-18)15(10-3-5-19-6-4-10)21-22(14)16(11)20-9-12/h7,9-10,19H,1-6H2. The molecule has 2 aliphatic heterocycles. The second kappa shape index (κ2) is 5.18. The van der Waals surface area contributed by atoms with Gasteiger partial charge in [0.05, 0.1) is 23.1 Å². The Morgan fingerprint density at radius 2 is 2.14 bits per heavy atom. The van der Waals surface area contributed by atoms with Gasteiger partial charge >= 0.3 is 0 Å². The molecule has 0 saturated carbocycles. The molecular weight excluding hydrogens is 281 g/mol. The third-order valence-electron chi connectivity index (χ3n) is 4.59. The van der Waals surface area contributed by atoms with Crippen LogP contribution in [0.1, 0.15) is 41.3 Å². The summed E-state index contributed by atoms with van der Waals surface area (Å²) < 4.78 is 15.1. The van der Waals surface area contributed by atoms with Gasteiger partial charge in [-0.05, 0) is 44.8 Å². The van der Waals surface area contributed by atoms with E-state index in [4.69, 9.17) is 5.10 Å². The summed E-state index contributed by atoms with van der Waals surface area (Å²) in [4.78, 5) is 4.20. The van der Waals surface area contributed by atoms with Gasteiger partial charge in [0.25, 0.3) is 0 Å². The minimum absolute atomic E-state index is 0.317. The zero-order valence-corrected chi connectivity index (χ0v) is 12.1. The Balaban J connectivity index is 1.84. The van der Waals surface area contributed by atoms with E-state index >= 15 is 0 Å². The van der Waals surface area contributed by atoms with Crippen molar-refractivity contribution in [3.63, 3.8) is 0 Å². The Bertz CT molecular complexity index is 768. The van der Waals surface area contributed by atoms with Gasteiger partial charge in [0.1, 0.15) is 11.9 Å². The molecule has 2 aromatic rings.